The van der Waals surface area contributed by atoms with Crippen molar-refractivity contribution in [2.75, 3.05) is 25.1 Å². The molecule has 11 heteroatoms. The van der Waals surface area contributed by atoms with E-state index in [0.29, 0.717) is 25.9 Å². The molecule has 2 rings (SSSR count). The smallest absolute Gasteiger partial charge is 0.306 e. The van der Waals surface area contributed by atoms with Crippen molar-refractivity contribution in [3.8, 4) is 0 Å². The first-order valence-corrected chi connectivity index (χ1v) is 8.51. The maximum Gasteiger partial charge on any atom is 0.306 e. The molecule has 0 spiro atoms. The Morgan fingerprint density at radius 3 is 2.57 bits per heavy atom. The second kappa shape index (κ2) is 6.23. The number of nitro groups is 1. The molecule has 0 unspecified atom stereocenters. The van der Waals surface area contributed by atoms with E-state index in [4.69, 9.17) is 10.9 Å². The van der Waals surface area contributed by atoms with Gasteiger partial charge in [0.1, 0.15) is 4.21 Å². The topological polar surface area (TPSA) is 139 Å². The van der Waals surface area contributed by atoms with E-state index in [1.165, 1.54) is 4.31 Å². The Labute approximate surface area is 125 Å². The average molecular weight is 336 g/mol. The quantitative estimate of drug-likeness (QED) is 0.400. The zero-order valence-corrected chi connectivity index (χ0v) is 12.7. The van der Waals surface area contributed by atoms with Crippen LogP contribution in [0.5, 0.6) is 0 Å². The number of nitrogens with zero attached hydrogens (tertiary/aromatic N) is 2. The van der Waals surface area contributed by atoms with Crippen LogP contribution in [0.15, 0.2) is 10.3 Å². The molecule has 0 aromatic carbocycles. The van der Waals surface area contributed by atoms with Crippen LogP contribution in [0.25, 0.3) is 0 Å². The van der Waals surface area contributed by atoms with Gasteiger partial charge in [0.05, 0.1) is 4.92 Å². The number of hydrazine groups is 1. The molecule has 1 aromatic rings. The molecular weight excluding hydrogens is 320 g/mol. The molecule has 9 nitrogen and oxygen atoms in total. The fourth-order valence-electron chi connectivity index (χ4n) is 2.19. The second-order valence-corrected chi connectivity index (χ2v) is 7.93. The van der Waals surface area contributed by atoms with Gasteiger partial charge in [-0.05, 0) is 18.8 Å². The van der Waals surface area contributed by atoms with E-state index in [9.17, 15) is 18.5 Å². The molecule has 21 heavy (non-hydrogen) atoms. The van der Waals surface area contributed by atoms with E-state index in [1.54, 1.807) is 0 Å². The molecular formula is C10H16N4O5S2. The van der Waals surface area contributed by atoms with Crippen LogP contribution >= 0.6 is 11.3 Å². The summed E-state index contributed by atoms with van der Waals surface area (Å²) < 4.78 is 26.1. The average Bonchev–Trinajstić information content (AvgIpc) is 2.92. The van der Waals surface area contributed by atoms with Crippen molar-refractivity contribution in [2.24, 2.45) is 11.8 Å². The van der Waals surface area contributed by atoms with Crippen LogP contribution in [0.3, 0.4) is 0 Å². The van der Waals surface area contributed by atoms with Crippen LogP contribution in [0.2, 0.25) is 0 Å². The lowest BCUT2D eigenvalue weighted by molar-refractivity contribution is -0.383. The fourth-order valence-corrected chi connectivity index (χ4v) is 5.05. The van der Waals surface area contributed by atoms with Gasteiger partial charge in [0.2, 0.25) is 0 Å². The number of anilines is 1. The Hall–Kier alpha value is -1.27. The van der Waals surface area contributed by atoms with E-state index in [2.05, 4.69) is 5.43 Å². The van der Waals surface area contributed by atoms with Gasteiger partial charge in [-0.1, -0.05) is 11.3 Å². The van der Waals surface area contributed by atoms with E-state index in [1.807, 2.05) is 0 Å². The number of nitrogens with one attached hydrogen (secondary N) is 1. The number of thiophene rings is 1. The summed E-state index contributed by atoms with van der Waals surface area (Å²) in [5.74, 6) is 5.29. The molecule has 0 atom stereocenters. The Morgan fingerprint density at radius 2 is 2.14 bits per heavy atom. The summed E-state index contributed by atoms with van der Waals surface area (Å²) in [5.41, 5.74) is 1.79. The van der Waals surface area contributed by atoms with Crippen molar-refractivity contribution in [3.63, 3.8) is 0 Å². The van der Waals surface area contributed by atoms with E-state index >= 15 is 0 Å². The molecule has 1 fully saturated rings. The highest BCUT2D eigenvalue weighted by Crippen LogP contribution is 2.38. The molecule has 0 bridgehead atoms. The number of hydrogen-bond acceptors (Lipinski definition) is 8. The van der Waals surface area contributed by atoms with E-state index < -0.39 is 14.9 Å². The highest BCUT2D eigenvalue weighted by atomic mass is 32.2. The summed E-state index contributed by atoms with van der Waals surface area (Å²) in [6.45, 7) is 0.634. The molecule has 4 N–H and O–H groups in total. The van der Waals surface area contributed by atoms with Crippen LogP contribution in [-0.2, 0) is 10.0 Å². The monoisotopic (exact) mass is 336 g/mol. The standard InChI is InChI=1S/C10H16N4O5S2/c11-12-10-8(14(16)17)5-9(20-10)21(18,19)13-3-1-7(6-15)2-4-13/h5,7,12,15H,1-4,6,11H2. The molecule has 0 amide bonds. The van der Waals surface area contributed by atoms with Crippen molar-refractivity contribution in [1.82, 2.24) is 4.31 Å². The third-order valence-electron chi connectivity index (χ3n) is 3.44. The van der Waals surface area contributed by atoms with Crippen molar-refractivity contribution in [3.05, 3.63) is 16.2 Å². The Morgan fingerprint density at radius 1 is 1.52 bits per heavy atom. The maximum atomic E-state index is 12.5. The highest BCUT2D eigenvalue weighted by Gasteiger charge is 2.33. The third-order valence-corrected chi connectivity index (χ3v) is 6.85. The van der Waals surface area contributed by atoms with Crippen LogP contribution in [-0.4, -0.2) is 42.4 Å². The molecule has 1 aliphatic rings. The van der Waals surface area contributed by atoms with Crippen molar-refractivity contribution >= 4 is 32.0 Å². The van der Waals surface area contributed by atoms with Gasteiger partial charge in [-0.15, -0.1) is 0 Å². The zero-order chi connectivity index (χ0) is 15.6. The second-order valence-electron chi connectivity index (χ2n) is 4.71. The molecule has 1 saturated heterocycles. The van der Waals surface area contributed by atoms with Crippen molar-refractivity contribution in [2.45, 2.75) is 17.1 Å². The van der Waals surface area contributed by atoms with Gasteiger partial charge in [-0.25, -0.2) is 14.3 Å². The lowest BCUT2D eigenvalue weighted by Gasteiger charge is -2.29. The number of sulfonamides is 1. The minimum Gasteiger partial charge on any atom is -0.396 e. The van der Waals surface area contributed by atoms with Crippen LogP contribution in [0, 0.1) is 16.0 Å². The minimum absolute atomic E-state index is 0.00354. The summed E-state index contributed by atoms with van der Waals surface area (Å²) in [6.07, 6.45) is 1.15. The Kier molecular flexibility index (Phi) is 4.78. The van der Waals surface area contributed by atoms with E-state index in [0.717, 1.165) is 17.4 Å². The van der Waals surface area contributed by atoms with Gasteiger partial charge in [-0.2, -0.15) is 4.31 Å². The fraction of sp³-hybridized carbons (Fsp3) is 0.600. The number of nitrogens with two attached hydrogens (primary N) is 1. The van der Waals surface area contributed by atoms with Crippen molar-refractivity contribution < 1.29 is 18.4 Å². The van der Waals surface area contributed by atoms with Gasteiger partial charge in [0.15, 0.2) is 5.00 Å². The first kappa shape index (κ1) is 16.1. The minimum atomic E-state index is -3.77. The summed E-state index contributed by atoms with van der Waals surface area (Å²) >= 11 is 0.738. The molecule has 0 aliphatic carbocycles. The lowest BCUT2D eigenvalue weighted by atomic mass is 10.00. The first-order valence-electron chi connectivity index (χ1n) is 6.26. The molecule has 118 valence electrons. The summed E-state index contributed by atoms with van der Waals surface area (Å²) in [5, 5.41) is 19.9. The number of hydrogen-bond donors (Lipinski definition) is 3. The van der Waals surface area contributed by atoms with Crippen LogP contribution < -0.4 is 11.3 Å². The number of rotatable bonds is 5. The lowest BCUT2D eigenvalue weighted by Crippen LogP contribution is -2.38. The van der Waals surface area contributed by atoms with Crippen molar-refractivity contribution in [1.29, 1.82) is 0 Å². The predicted molar refractivity (Wildman–Crippen MR) is 77.4 cm³/mol. The normalized spacial score (nSPS) is 17.8. The zero-order valence-electron chi connectivity index (χ0n) is 11.1. The largest absolute Gasteiger partial charge is 0.396 e. The number of piperidine rings is 1. The van der Waals surface area contributed by atoms with E-state index in [-0.39, 0.29) is 27.4 Å². The number of aliphatic hydroxyl groups excluding tert-OH is 1. The van der Waals surface area contributed by atoms with Gasteiger partial charge in [-0.3, -0.25) is 10.1 Å². The summed E-state index contributed by atoms with van der Waals surface area (Å²) in [6, 6.07) is 1.02. The summed E-state index contributed by atoms with van der Waals surface area (Å²) in [7, 11) is -3.77. The summed E-state index contributed by atoms with van der Waals surface area (Å²) in [4.78, 5) is 10.2. The Balaban J connectivity index is 2.26. The number of nitrogen functional groups attached to an aromatic ring is 1. The molecule has 2 heterocycles. The molecule has 1 aromatic heterocycles. The van der Waals surface area contributed by atoms with Gasteiger partial charge in [0, 0.05) is 25.8 Å². The van der Waals surface area contributed by atoms with Crippen LogP contribution in [0.4, 0.5) is 10.7 Å². The predicted octanol–water partition coefficient (Wildman–Crippen LogP) is 0.335. The first-order chi connectivity index (χ1) is 9.90. The van der Waals surface area contributed by atoms with Crippen LogP contribution in [0.1, 0.15) is 12.8 Å². The molecule has 1 aliphatic heterocycles. The van der Waals surface area contributed by atoms with Gasteiger partial charge >= 0.3 is 5.69 Å². The van der Waals surface area contributed by atoms with Gasteiger partial charge in [0.25, 0.3) is 10.0 Å². The maximum absolute atomic E-state index is 12.5. The molecule has 0 saturated carbocycles. The third kappa shape index (κ3) is 3.16. The van der Waals surface area contributed by atoms with Gasteiger partial charge < -0.3 is 10.5 Å². The highest BCUT2D eigenvalue weighted by molar-refractivity contribution is 7.91. The molecule has 0 radical (unpaired) electrons. The SMILES string of the molecule is NNc1sc(S(=O)(=O)N2CCC(CO)CC2)cc1[N+](=O)[O-]. The Bertz CT molecular complexity index is 621. The number of aliphatic hydroxyl groups is 1.